The second-order valence-corrected chi connectivity index (χ2v) is 3.84. The number of aliphatic hydroxyl groups excluding tert-OH is 1. The van der Waals surface area contributed by atoms with E-state index < -0.39 is 0 Å². The molecule has 0 aromatic carbocycles. The second kappa shape index (κ2) is 3.50. The van der Waals surface area contributed by atoms with Crippen LogP contribution in [0.15, 0.2) is 6.20 Å². The normalized spacial score (nSPS) is 18.3. The molecule has 1 heterocycles. The van der Waals surface area contributed by atoms with Gasteiger partial charge in [-0.15, -0.1) is 0 Å². The molecule has 0 amide bonds. The lowest BCUT2D eigenvalue weighted by Gasteiger charge is -2.07. The van der Waals surface area contributed by atoms with E-state index in [9.17, 15) is 0 Å². The molecule has 1 saturated carbocycles. The van der Waals surface area contributed by atoms with E-state index in [4.69, 9.17) is 5.11 Å². The Morgan fingerprint density at radius 2 is 2.23 bits per heavy atom. The third kappa shape index (κ3) is 1.61. The fraction of sp³-hybridized carbons (Fsp3) is 0.700. The number of imidazole rings is 1. The fourth-order valence-corrected chi connectivity index (χ4v) is 2.18. The zero-order chi connectivity index (χ0) is 9.26. The van der Waals surface area contributed by atoms with Crippen LogP contribution in [-0.2, 0) is 13.7 Å². The number of rotatable bonds is 2. The monoisotopic (exact) mass is 180 g/mol. The Kier molecular flexibility index (Phi) is 2.36. The molecule has 1 N–H and O–H groups in total. The van der Waals surface area contributed by atoms with Crippen LogP contribution in [0.2, 0.25) is 0 Å². The van der Waals surface area contributed by atoms with E-state index in [0.717, 1.165) is 11.5 Å². The molecular weight excluding hydrogens is 164 g/mol. The van der Waals surface area contributed by atoms with Crippen LogP contribution >= 0.6 is 0 Å². The first-order chi connectivity index (χ1) is 6.31. The van der Waals surface area contributed by atoms with Gasteiger partial charge in [0.05, 0.1) is 12.3 Å². The lowest BCUT2D eigenvalue weighted by Crippen LogP contribution is -2.01. The van der Waals surface area contributed by atoms with Gasteiger partial charge in [0.15, 0.2) is 0 Å². The van der Waals surface area contributed by atoms with Gasteiger partial charge in [0.2, 0.25) is 0 Å². The number of aliphatic hydroxyl groups is 1. The van der Waals surface area contributed by atoms with E-state index in [1.165, 1.54) is 25.7 Å². The fourth-order valence-electron chi connectivity index (χ4n) is 2.18. The molecule has 0 aliphatic heterocycles. The van der Waals surface area contributed by atoms with Crippen molar-refractivity contribution in [2.45, 2.75) is 38.2 Å². The molecule has 0 bridgehead atoms. The summed E-state index contributed by atoms with van der Waals surface area (Å²) in [6, 6.07) is 0. The van der Waals surface area contributed by atoms with Gasteiger partial charge in [-0.05, 0) is 12.8 Å². The van der Waals surface area contributed by atoms with Crippen molar-refractivity contribution >= 4 is 0 Å². The van der Waals surface area contributed by atoms with Crippen LogP contribution in [0.5, 0.6) is 0 Å². The third-order valence-corrected chi connectivity index (χ3v) is 2.84. The van der Waals surface area contributed by atoms with Crippen molar-refractivity contribution < 1.29 is 5.11 Å². The van der Waals surface area contributed by atoms with E-state index in [1.54, 1.807) is 0 Å². The zero-order valence-electron chi connectivity index (χ0n) is 8.03. The first kappa shape index (κ1) is 8.75. The van der Waals surface area contributed by atoms with Crippen LogP contribution < -0.4 is 0 Å². The number of hydrogen-bond acceptors (Lipinski definition) is 2. The highest BCUT2D eigenvalue weighted by Gasteiger charge is 2.21. The van der Waals surface area contributed by atoms with E-state index in [2.05, 4.69) is 9.55 Å². The largest absolute Gasteiger partial charge is 0.390 e. The molecule has 0 atom stereocenters. The average molecular weight is 180 g/mol. The Labute approximate surface area is 78.4 Å². The maximum atomic E-state index is 8.94. The summed E-state index contributed by atoms with van der Waals surface area (Å²) >= 11 is 0. The van der Waals surface area contributed by atoms with Crippen LogP contribution in [0.1, 0.15) is 43.1 Å². The topological polar surface area (TPSA) is 38.0 Å². The molecule has 72 valence electrons. The van der Waals surface area contributed by atoms with Crippen LogP contribution in [0, 0.1) is 0 Å². The van der Waals surface area contributed by atoms with Gasteiger partial charge >= 0.3 is 0 Å². The van der Waals surface area contributed by atoms with Crippen molar-refractivity contribution in [3.63, 3.8) is 0 Å². The van der Waals surface area contributed by atoms with Crippen molar-refractivity contribution in [1.29, 1.82) is 0 Å². The maximum Gasteiger partial charge on any atom is 0.111 e. The molecule has 3 heteroatoms. The molecule has 1 aliphatic rings. The summed E-state index contributed by atoms with van der Waals surface area (Å²) in [6.45, 7) is 0.0561. The predicted molar refractivity (Wildman–Crippen MR) is 50.3 cm³/mol. The van der Waals surface area contributed by atoms with Gasteiger partial charge in [-0.3, -0.25) is 0 Å². The summed E-state index contributed by atoms with van der Waals surface area (Å²) in [6.07, 6.45) is 7.09. The van der Waals surface area contributed by atoms with Gasteiger partial charge in [-0.25, -0.2) is 4.98 Å². The number of aromatic nitrogens is 2. The van der Waals surface area contributed by atoms with Crippen molar-refractivity contribution in [3.8, 4) is 0 Å². The van der Waals surface area contributed by atoms with Gasteiger partial charge in [-0.1, -0.05) is 12.8 Å². The lowest BCUT2D eigenvalue weighted by molar-refractivity contribution is 0.277. The summed E-state index contributed by atoms with van der Waals surface area (Å²) < 4.78 is 2.06. The molecule has 1 fully saturated rings. The summed E-state index contributed by atoms with van der Waals surface area (Å²) in [5.41, 5.74) is 0.796. The third-order valence-electron chi connectivity index (χ3n) is 2.84. The molecule has 3 nitrogen and oxygen atoms in total. The Balaban J connectivity index is 2.22. The van der Waals surface area contributed by atoms with Crippen molar-refractivity contribution in [2.24, 2.45) is 7.05 Å². The number of aryl methyl sites for hydroxylation is 1. The number of hydrogen-bond donors (Lipinski definition) is 1. The molecule has 1 aromatic heterocycles. The van der Waals surface area contributed by atoms with Gasteiger partial charge < -0.3 is 9.67 Å². The van der Waals surface area contributed by atoms with Crippen molar-refractivity contribution in [2.75, 3.05) is 0 Å². The van der Waals surface area contributed by atoms with Crippen molar-refractivity contribution in [3.05, 3.63) is 17.7 Å². The lowest BCUT2D eigenvalue weighted by atomic mass is 10.1. The SMILES string of the molecule is Cn1cc(CO)nc1C1CCCC1. The van der Waals surface area contributed by atoms with Gasteiger partial charge in [0, 0.05) is 19.2 Å². The van der Waals surface area contributed by atoms with E-state index in [0.29, 0.717) is 5.92 Å². The van der Waals surface area contributed by atoms with Crippen LogP contribution in [0.3, 0.4) is 0 Å². The minimum Gasteiger partial charge on any atom is -0.390 e. The van der Waals surface area contributed by atoms with Crippen LogP contribution in [-0.4, -0.2) is 14.7 Å². The first-order valence-electron chi connectivity index (χ1n) is 4.94. The summed E-state index contributed by atoms with van der Waals surface area (Å²) in [5, 5.41) is 8.94. The Morgan fingerprint density at radius 1 is 1.54 bits per heavy atom. The smallest absolute Gasteiger partial charge is 0.111 e. The highest BCUT2D eigenvalue weighted by molar-refractivity contribution is 5.08. The van der Waals surface area contributed by atoms with Gasteiger partial charge in [-0.2, -0.15) is 0 Å². The molecule has 0 saturated heterocycles. The molecule has 2 rings (SSSR count). The minimum absolute atomic E-state index is 0.0561. The Hall–Kier alpha value is -0.830. The van der Waals surface area contributed by atoms with Gasteiger partial charge in [0.1, 0.15) is 5.82 Å². The molecule has 1 aliphatic carbocycles. The van der Waals surface area contributed by atoms with Gasteiger partial charge in [0.25, 0.3) is 0 Å². The summed E-state index contributed by atoms with van der Waals surface area (Å²) in [7, 11) is 2.01. The Morgan fingerprint density at radius 3 is 2.77 bits per heavy atom. The molecule has 0 unspecified atom stereocenters. The molecule has 1 aromatic rings. The maximum absolute atomic E-state index is 8.94. The van der Waals surface area contributed by atoms with Crippen molar-refractivity contribution in [1.82, 2.24) is 9.55 Å². The molecular formula is C10H16N2O. The molecule has 13 heavy (non-hydrogen) atoms. The minimum atomic E-state index is 0.0561. The van der Waals surface area contributed by atoms with Crippen LogP contribution in [0.25, 0.3) is 0 Å². The zero-order valence-corrected chi connectivity index (χ0v) is 8.03. The summed E-state index contributed by atoms with van der Waals surface area (Å²) in [4.78, 5) is 4.42. The van der Waals surface area contributed by atoms with E-state index in [1.807, 2.05) is 13.2 Å². The highest BCUT2D eigenvalue weighted by Crippen LogP contribution is 2.33. The van der Waals surface area contributed by atoms with E-state index in [-0.39, 0.29) is 6.61 Å². The predicted octanol–water partition coefficient (Wildman–Crippen LogP) is 1.57. The standard InChI is InChI=1S/C10H16N2O/c1-12-6-9(7-13)11-10(12)8-4-2-3-5-8/h6,8,13H,2-5,7H2,1H3. The average Bonchev–Trinajstić information content (AvgIpc) is 2.72. The molecule has 0 radical (unpaired) electrons. The summed E-state index contributed by atoms with van der Waals surface area (Å²) in [5.74, 6) is 1.78. The number of nitrogens with zero attached hydrogens (tertiary/aromatic N) is 2. The van der Waals surface area contributed by atoms with Crippen LogP contribution in [0.4, 0.5) is 0 Å². The molecule has 0 spiro atoms. The quantitative estimate of drug-likeness (QED) is 0.750. The van der Waals surface area contributed by atoms with E-state index >= 15 is 0 Å². The Bertz CT molecular complexity index is 287. The first-order valence-corrected chi connectivity index (χ1v) is 4.94. The second-order valence-electron chi connectivity index (χ2n) is 3.84. The highest BCUT2D eigenvalue weighted by atomic mass is 16.3.